The van der Waals surface area contributed by atoms with Crippen LogP contribution in [0.5, 0.6) is 0 Å². The molecule has 0 saturated heterocycles. The number of hydrogen-bond donors (Lipinski definition) is 2. The van der Waals surface area contributed by atoms with E-state index in [1.165, 1.54) is 11.0 Å². The van der Waals surface area contributed by atoms with E-state index in [9.17, 15) is 18.0 Å². The Kier molecular flexibility index (Phi) is 7.27. The maximum atomic E-state index is 13.2. The van der Waals surface area contributed by atoms with Crippen molar-refractivity contribution in [1.82, 2.24) is 10.0 Å². The molecule has 3 amide bonds. The van der Waals surface area contributed by atoms with Crippen LogP contribution >= 0.6 is 0 Å². The van der Waals surface area contributed by atoms with E-state index in [4.69, 9.17) is 0 Å². The second kappa shape index (κ2) is 10.1. The second-order valence-corrected chi connectivity index (χ2v) is 8.97. The molecule has 3 aromatic carbocycles. The van der Waals surface area contributed by atoms with Crippen LogP contribution in [0.2, 0.25) is 0 Å². The molecule has 0 aliphatic carbocycles. The summed E-state index contributed by atoms with van der Waals surface area (Å²) < 4.78 is 27.3. The maximum absolute atomic E-state index is 13.2. The van der Waals surface area contributed by atoms with Crippen molar-refractivity contribution in [3.8, 4) is 0 Å². The van der Waals surface area contributed by atoms with Gasteiger partial charge in [-0.25, -0.2) is 17.9 Å². The highest BCUT2D eigenvalue weighted by molar-refractivity contribution is 7.90. The Morgan fingerprint density at radius 2 is 1.44 bits per heavy atom. The Balaban J connectivity index is 1.81. The van der Waals surface area contributed by atoms with Gasteiger partial charge in [-0.05, 0) is 36.2 Å². The van der Waals surface area contributed by atoms with Gasteiger partial charge in [-0.2, -0.15) is 0 Å². The molecule has 0 aliphatic heterocycles. The summed E-state index contributed by atoms with van der Waals surface area (Å²) in [6.07, 6.45) is 0.203. The quantitative estimate of drug-likeness (QED) is 0.576. The first-order chi connectivity index (χ1) is 15.3. The lowest BCUT2D eigenvalue weighted by Gasteiger charge is -2.25. The molecule has 0 spiro atoms. The maximum Gasteiger partial charge on any atom is 0.329 e. The van der Waals surface area contributed by atoms with Crippen LogP contribution in [0.4, 0.5) is 10.5 Å². The summed E-state index contributed by atoms with van der Waals surface area (Å²) in [5, 5.41) is 2.54. The zero-order chi connectivity index (χ0) is 23.1. The van der Waals surface area contributed by atoms with Gasteiger partial charge >= 0.3 is 6.03 Å². The number of anilines is 1. The average Bonchev–Trinajstić information content (AvgIpc) is 2.78. The van der Waals surface area contributed by atoms with Crippen molar-refractivity contribution in [2.45, 2.75) is 24.3 Å². The molecule has 3 aromatic rings. The van der Waals surface area contributed by atoms with Crippen molar-refractivity contribution in [3.63, 3.8) is 0 Å². The van der Waals surface area contributed by atoms with Crippen LogP contribution in [0, 0.1) is 6.92 Å². The van der Waals surface area contributed by atoms with Gasteiger partial charge in [0.1, 0.15) is 6.04 Å². The van der Waals surface area contributed by atoms with Gasteiger partial charge in [0.25, 0.3) is 10.0 Å². The molecule has 7 nitrogen and oxygen atoms in total. The van der Waals surface area contributed by atoms with Crippen molar-refractivity contribution in [3.05, 3.63) is 96.1 Å². The topological polar surface area (TPSA) is 95.6 Å². The zero-order valence-electron chi connectivity index (χ0n) is 17.9. The van der Waals surface area contributed by atoms with E-state index >= 15 is 0 Å². The van der Waals surface area contributed by atoms with E-state index < -0.39 is 22.1 Å². The molecule has 0 aromatic heterocycles. The van der Waals surface area contributed by atoms with E-state index in [0.717, 1.165) is 5.56 Å². The van der Waals surface area contributed by atoms with Crippen LogP contribution in [-0.4, -0.2) is 33.4 Å². The van der Waals surface area contributed by atoms with Crippen molar-refractivity contribution in [2.24, 2.45) is 0 Å². The predicted octanol–water partition coefficient (Wildman–Crippen LogP) is 3.26. The number of nitrogens with zero attached hydrogens (tertiary/aromatic N) is 1. The summed E-state index contributed by atoms with van der Waals surface area (Å²) in [7, 11) is -2.48. The summed E-state index contributed by atoms with van der Waals surface area (Å²) in [6, 6.07) is 22.6. The SMILES string of the molecule is Cc1ccccc1S(=O)(=O)NC(=O)NC(Cc1ccccc1)C(=O)N(C)c1ccccc1. The molecule has 166 valence electrons. The first-order valence-electron chi connectivity index (χ1n) is 10.0. The Bertz CT molecular complexity index is 1180. The number of carbonyl (C=O) groups excluding carboxylic acids is 2. The standard InChI is InChI=1S/C24H25N3O4S/c1-18-11-9-10-16-22(18)32(30,31)26-24(29)25-21(17-19-12-5-3-6-13-19)23(28)27(2)20-14-7-4-8-15-20/h3-16,21H,17H2,1-2H3,(H2,25,26,29). The molecule has 0 radical (unpaired) electrons. The van der Waals surface area contributed by atoms with Gasteiger partial charge < -0.3 is 10.2 Å². The first kappa shape index (κ1) is 23.0. The van der Waals surface area contributed by atoms with E-state index in [-0.39, 0.29) is 17.2 Å². The summed E-state index contributed by atoms with van der Waals surface area (Å²) in [5.41, 5.74) is 1.99. The molecule has 2 N–H and O–H groups in total. The van der Waals surface area contributed by atoms with Gasteiger partial charge in [-0.3, -0.25) is 4.79 Å². The van der Waals surface area contributed by atoms with Crippen molar-refractivity contribution in [1.29, 1.82) is 0 Å². The molecular formula is C24H25N3O4S. The average molecular weight is 452 g/mol. The lowest BCUT2D eigenvalue weighted by molar-refractivity contribution is -0.120. The normalized spacial score (nSPS) is 11.9. The molecule has 32 heavy (non-hydrogen) atoms. The van der Waals surface area contributed by atoms with Crippen molar-refractivity contribution >= 4 is 27.6 Å². The largest absolute Gasteiger partial charge is 0.329 e. The van der Waals surface area contributed by atoms with Gasteiger partial charge in [-0.1, -0.05) is 66.7 Å². The number of aryl methyl sites for hydroxylation is 1. The molecular weight excluding hydrogens is 426 g/mol. The third kappa shape index (κ3) is 5.73. The number of hydrogen-bond acceptors (Lipinski definition) is 4. The lowest BCUT2D eigenvalue weighted by atomic mass is 10.0. The summed E-state index contributed by atoms with van der Waals surface area (Å²) >= 11 is 0. The number of rotatable bonds is 7. The molecule has 0 heterocycles. The summed E-state index contributed by atoms with van der Waals surface area (Å²) in [6.45, 7) is 1.64. The van der Waals surface area contributed by atoms with Crippen LogP contribution in [0.1, 0.15) is 11.1 Å². The third-order valence-electron chi connectivity index (χ3n) is 4.97. The highest BCUT2D eigenvalue weighted by Gasteiger charge is 2.27. The van der Waals surface area contributed by atoms with Crippen molar-refractivity contribution in [2.75, 3.05) is 11.9 Å². The summed E-state index contributed by atoms with van der Waals surface area (Å²) in [5.74, 6) is -0.372. The molecule has 3 rings (SSSR count). The molecule has 0 fully saturated rings. The number of carbonyl (C=O) groups is 2. The molecule has 1 atom stereocenters. The van der Waals surface area contributed by atoms with E-state index in [0.29, 0.717) is 11.3 Å². The van der Waals surface area contributed by atoms with Crippen LogP contribution in [0.25, 0.3) is 0 Å². The van der Waals surface area contributed by atoms with E-state index in [1.54, 1.807) is 56.4 Å². The fourth-order valence-electron chi connectivity index (χ4n) is 3.29. The minimum Gasteiger partial charge on any atom is -0.325 e. The highest BCUT2D eigenvalue weighted by Crippen LogP contribution is 2.16. The number of urea groups is 1. The first-order valence-corrected chi connectivity index (χ1v) is 11.5. The third-order valence-corrected chi connectivity index (χ3v) is 6.46. The number of nitrogens with one attached hydrogen (secondary N) is 2. The number of amides is 3. The van der Waals surface area contributed by atoms with Crippen LogP contribution in [0.15, 0.2) is 89.8 Å². The molecule has 0 bridgehead atoms. The summed E-state index contributed by atoms with van der Waals surface area (Å²) in [4.78, 5) is 27.3. The Morgan fingerprint density at radius 3 is 2.06 bits per heavy atom. The monoisotopic (exact) mass is 451 g/mol. The van der Waals surface area contributed by atoms with Gasteiger partial charge in [0, 0.05) is 19.2 Å². The van der Waals surface area contributed by atoms with Crippen LogP contribution in [-0.2, 0) is 21.2 Å². The van der Waals surface area contributed by atoms with E-state index in [2.05, 4.69) is 5.32 Å². The van der Waals surface area contributed by atoms with Crippen molar-refractivity contribution < 1.29 is 18.0 Å². The molecule has 1 unspecified atom stereocenters. The Labute approximate surface area is 188 Å². The Morgan fingerprint density at radius 1 is 0.875 bits per heavy atom. The molecule has 0 saturated carbocycles. The second-order valence-electron chi connectivity index (χ2n) is 7.32. The van der Waals surface area contributed by atoms with Gasteiger partial charge in [0.15, 0.2) is 0 Å². The fourth-order valence-corrected chi connectivity index (χ4v) is 4.45. The van der Waals surface area contributed by atoms with Crippen LogP contribution in [0.3, 0.4) is 0 Å². The predicted molar refractivity (Wildman–Crippen MR) is 124 cm³/mol. The number of para-hydroxylation sites is 1. The van der Waals surface area contributed by atoms with Gasteiger partial charge in [0.05, 0.1) is 4.90 Å². The highest BCUT2D eigenvalue weighted by atomic mass is 32.2. The number of sulfonamides is 1. The minimum absolute atomic E-state index is 0.00231. The lowest BCUT2D eigenvalue weighted by Crippen LogP contribution is -2.52. The molecule has 0 aliphatic rings. The Hall–Kier alpha value is -3.65. The fraction of sp³-hybridized carbons (Fsp3) is 0.167. The number of benzene rings is 3. The van der Waals surface area contributed by atoms with Crippen LogP contribution < -0.4 is 14.9 Å². The van der Waals surface area contributed by atoms with Gasteiger partial charge in [0.2, 0.25) is 5.91 Å². The smallest absolute Gasteiger partial charge is 0.325 e. The molecule has 8 heteroatoms. The zero-order valence-corrected chi connectivity index (χ0v) is 18.7. The van der Waals surface area contributed by atoms with Gasteiger partial charge in [-0.15, -0.1) is 0 Å². The van der Waals surface area contributed by atoms with E-state index in [1.807, 2.05) is 41.1 Å². The number of likely N-dealkylation sites (N-methyl/N-ethyl adjacent to an activating group) is 1. The minimum atomic E-state index is -4.09.